The van der Waals surface area contributed by atoms with Crippen molar-refractivity contribution in [3.63, 3.8) is 0 Å². The summed E-state index contributed by atoms with van der Waals surface area (Å²) in [6.07, 6.45) is 1.43. The molecule has 1 saturated heterocycles. The molecule has 0 aliphatic carbocycles. The van der Waals surface area contributed by atoms with Gasteiger partial charge in [0.15, 0.2) is 0 Å². The lowest BCUT2D eigenvalue weighted by Gasteiger charge is -2.29. The van der Waals surface area contributed by atoms with Gasteiger partial charge in [0.05, 0.1) is 43.7 Å². The monoisotopic (exact) mass is 435 g/mol. The van der Waals surface area contributed by atoms with Crippen LogP contribution in [-0.2, 0) is 14.2 Å². The first kappa shape index (κ1) is 21.6. The van der Waals surface area contributed by atoms with Crippen molar-refractivity contribution < 1.29 is 23.8 Å². The van der Waals surface area contributed by atoms with Gasteiger partial charge in [0.2, 0.25) is 0 Å². The molecule has 2 heterocycles. The molecule has 0 bridgehead atoms. The number of para-hydroxylation sites is 1. The lowest BCUT2D eigenvalue weighted by Crippen LogP contribution is -2.36. The molecule has 1 aliphatic heterocycles. The van der Waals surface area contributed by atoms with Crippen molar-refractivity contribution in [2.24, 2.45) is 0 Å². The number of carbonyl (C=O) groups is 2. The Hall–Kier alpha value is -3.65. The molecule has 166 valence electrons. The molecule has 8 nitrogen and oxygen atoms in total. The first-order chi connectivity index (χ1) is 15.6. The Balaban J connectivity index is 1.74. The Labute approximate surface area is 186 Å². The van der Waals surface area contributed by atoms with Crippen LogP contribution < -0.4 is 10.2 Å². The number of hydrogen-bond acceptors (Lipinski definition) is 8. The van der Waals surface area contributed by atoms with Crippen LogP contribution in [0.2, 0.25) is 0 Å². The predicted octanol–water partition coefficient (Wildman–Crippen LogP) is 3.78. The molecule has 1 aromatic heterocycles. The number of aromatic nitrogens is 1. The van der Waals surface area contributed by atoms with E-state index in [4.69, 9.17) is 14.2 Å². The average molecular weight is 435 g/mol. The Kier molecular flexibility index (Phi) is 6.51. The number of rotatable bonds is 6. The topological polar surface area (TPSA) is 90.0 Å². The van der Waals surface area contributed by atoms with Crippen LogP contribution in [0.5, 0.6) is 0 Å². The minimum atomic E-state index is -0.493. The number of esters is 2. The standard InChI is InChI=1S/C24H25N3O5/c1-3-32-24(29)20-15-25-21-18(5-4-6-19(21)23(28)30-2)22(20)26-16-7-9-17(10-8-16)27-11-13-31-14-12-27/h4-10,15H,3,11-14H2,1-2H3,(H,25,26). The minimum Gasteiger partial charge on any atom is -0.465 e. The van der Waals surface area contributed by atoms with Gasteiger partial charge in [-0.1, -0.05) is 12.1 Å². The molecule has 3 aromatic rings. The molecule has 1 fully saturated rings. The molecule has 32 heavy (non-hydrogen) atoms. The molecule has 4 rings (SSSR count). The van der Waals surface area contributed by atoms with Gasteiger partial charge < -0.3 is 24.4 Å². The number of methoxy groups -OCH3 is 1. The van der Waals surface area contributed by atoms with Crippen LogP contribution in [0, 0.1) is 0 Å². The van der Waals surface area contributed by atoms with E-state index in [1.807, 2.05) is 30.3 Å². The maximum absolute atomic E-state index is 12.6. The molecule has 0 unspecified atom stereocenters. The Bertz CT molecular complexity index is 1120. The Morgan fingerprint density at radius 3 is 2.50 bits per heavy atom. The van der Waals surface area contributed by atoms with Crippen molar-refractivity contribution >= 4 is 39.9 Å². The number of nitrogens with zero attached hydrogens (tertiary/aromatic N) is 2. The van der Waals surface area contributed by atoms with Crippen LogP contribution >= 0.6 is 0 Å². The van der Waals surface area contributed by atoms with Gasteiger partial charge in [0.25, 0.3) is 0 Å². The molecule has 1 N–H and O–H groups in total. The third-order valence-corrected chi connectivity index (χ3v) is 5.31. The summed E-state index contributed by atoms with van der Waals surface area (Å²) in [5, 5.41) is 3.95. The fraction of sp³-hybridized carbons (Fsp3) is 0.292. The summed E-state index contributed by atoms with van der Waals surface area (Å²) in [6, 6.07) is 13.2. The van der Waals surface area contributed by atoms with E-state index in [9.17, 15) is 9.59 Å². The number of anilines is 3. The molecule has 1 aliphatic rings. The number of pyridine rings is 1. The highest BCUT2D eigenvalue weighted by Crippen LogP contribution is 2.32. The zero-order valence-corrected chi connectivity index (χ0v) is 18.1. The van der Waals surface area contributed by atoms with E-state index in [0.29, 0.717) is 40.9 Å². The zero-order valence-electron chi connectivity index (χ0n) is 18.1. The van der Waals surface area contributed by atoms with E-state index in [2.05, 4.69) is 15.2 Å². The molecule has 8 heteroatoms. The predicted molar refractivity (Wildman–Crippen MR) is 122 cm³/mol. The number of benzene rings is 2. The van der Waals surface area contributed by atoms with Crippen molar-refractivity contribution in [3.05, 3.63) is 59.8 Å². The van der Waals surface area contributed by atoms with Crippen molar-refractivity contribution in [1.82, 2.24) is 4.98 Å². The Morgan fingerprint density at radius 1 is 1.06 bits per heavy atom. The second kappa shape index (κ2) is 9.65. The molecular weight excluding hydrogens is 410 g/mol. The number of carbonyl (C=O) groups excluding carboxylic acids is 2. The van der Waals surface area contributed by atoms with E-state index >= 15 is 0 Å². The average Bonchev–Trinajstić information content (AvgIpc) is 2.84. The molecule has 0 spiro atoms. The van der Waals surface area contributed by atoms with E-state index in [0.717, 1.165) is 24.5 Å². The molecule has 0 amide bonds. The van der Waals surface area contributed by atoms with Crippen LogP contribution in [0.1, 0.15) is 27.6 Å². The van der Waals surface area contributed by atoms with Crippen LogP contribution in [0.4, 0.5) is 17.1 Å². The van der Waals surface area contributed by atoms with Crippen molar-refractivity contribution in [2.75, 3.05) is 50.2 Å². The van der Waals surface area contributed by atoms with Crippen molar-refractivity contribution in [1.29, 1.82) is 0 Å². The maximum Gasteiger partial charge on any atom is 0.341 e. The Morgan fingerprint density at radius 2 is 1.81 bits per heavy atom. The van der Waals surface area contributed by atoms with Crippen LogP contribution in [-0.4, -0.2) is 56.9 Å². The SMILES string of the molecule is CCOC(=O)c1cnc2c(C(=O)OC)cccc2c1Nc1ccc(N2CCOCC2)cc1. The number of fused-ring (bicyclic) bond motifs is 1. The summed E-state index contributed by atoms with van der Waals surface area (Å²) < 4.78 is 15.5. The summed E-state index contributed by atoms with van der Waals surface area (Å²) in [5.74, 6) is -0.981. The van der Waals surface area contributed by atoms with Gasteiger partial charge in [0, 0.05) is 36.0 Å². The van der Waals surface area contributed by atoms with Crippen LogP contribution in [0.25, 0.3) is 10.9 Å². The van der Waals surface area contributed by atoms with E-state index in [-0.39, 0.29) is 6.61 Å². The highest BCUT2D eigenvalue weighted by atomic mass is 16.5. The quantitative estimate of drug-likeness (QED) is 0.585. The lowest BCUT2D eigenvalue weighted by atomic mass is 10.0. The van der Waals surface area contributed by atoms with Gasteiger partial charge in [-0.3, -0.25) is 4.98 Å². The summed E-state index contributed by atoms with van der Waals surface area (Å²) in [4.78, 5) is 31.5. The van der Waals surface area contributed by atoms with E-state index < -0.39 is 11.9 Å². The summed E-state index contributed by atoms with van der Waals surface area (Å²) in [7, 11) is 1.32. The summed E-state index contributed by atoms with van der Waals surface area (Å²) in [6.45, 7) is 5.13. The third-order valence-electron chi connectivity index (χ3n) is 5.31. The molecule has 2 aromatic carbocycles. The normalized spacial score (nSPS) is 13.6. The largest absolute Gasteiger partial charge is 0.465 e. The molecule has 0 radical (unpaired) electrons. The minimum absolute atomic E-state index is 0.243. The van der Waals surface area contributed by atoms with Gasteiger partial charge in [-0.2, -0.15) is 0 Å². The number of morpholine rings is 1. The van der Waals surface area contributed by atoms with Crippen molar-refractivity contribution in [2.45, 2.75) is 6.92 Å². The third kappa shape index (κ3) is 4.36. The fourth-order valence-electron chi connectivity index (χ4n) is 3.72. The first-order valence-electron chi connectivity index (χ1n) is 10.5. The van der Waals surface area contributed by atoms with Crippen molar-refractivity contribution in [3.8, 4) is 0 Å². The van der Waals surface area contributed by atoms with Gasteiger partial charge in [0.1, 0.15) is 5.56 Å². The van der Waals surface area contributed by atoms with Gasteiger partial charge in [-0.25, -0.2) is 9.59 Å². The number of ether oxygens (including phenoxy) is 3. The smallest absolute Gasteiger partial charge is 0.341 e. The summed E-state index contributed by atoms with van der Waals surface area (Å²) in [5.41, 5.74) is 3.49. The van der Waals surface area contributed by atoms with E-state index in [1.54, 1.807) is 19.1 Å². The van der Waals surface area contributed by atoms with Gasteiger partial charge >= 0.3 is 11.9 Å². The fourth-order valence-corrected chi connectivity index (χ4v) is 3.72. The highest BCUT2D eigenvalue weighted by molar-refractivity contribution is 6.11. The number of hydrogen-bond donors (Lipinski definition) is 1. The van der Waals surface area contributed by atoms with Gasteiger partial charge in [-0.05, 0) is 37.3 Å². The molecule has 0 saturated carbocycles. The van der Waals surface area contributed by atoms with E-state index in [1.165, 1.54) is 13.3 Å². The van der Waals surface area contributed by atoms with Crippen LogP contribution in [0.3, 0.4) is 0 Å². The first-order valence-corrected chi connectivity index (χ1v) is 10.5. The van der Waals surface area contributed by atoms with Gasteiger partial charge in [-0.15, -0.1) is 0 Å². The zero-order chi connectivity index (χ0) is 22.5. The van der Waals surface area contributed by atoms with Crippen LogP contribution in [0.15, 0.2) is 48.7 Å². The number of nitrogens with one attached hydrogen (secondary N) is 1. The lowest BCUT2D eigenvalue weighted by molar-refractivity contribution is 0.0526. The highest BCUT2D eigenvalue weighted by Gasteiger charge is 2.20. The molecule has 0 atom stereocenters. The second-order valence-corrected chi connectivity index (χ2v) is 7.23. The molecular formula is C24H25N3O5. The maximum atomic E-state index is 12.6. The summed E-state index contributed by atoms with van der Waals surface area (Å²) >= 11 is 0. The second-order valence-electron chi connectivity index (χ2n) is 7.23.